The molecule has 1 aliphatic rings. The van der Waals surface area contributed by atoms with E-state index in [1.165, 1.54) is 7.05 Å². The third-order valence-electron chi connectivity index (χ3n) is 5.97. The summed E-state index contributed by atoms with van der Waals surface area (Å²) in [4.78, 5) is 43.9. The summed E-state index contributed by atoms with van der Waals surface area (Å²) in [5.74, 6) is 0.445. The molecular formula is C22H28N6O3. The lowest BCUT2D eigenvalue weighted by Gasteiger charge is -2.36. The largest absolute Gasteiger partial charge is 0.355 e. The van der Waals surface area contributed by atoms with Crippen molar-refractivity contribution in [3.63, 3.8) is 0 Å². The van der Waals surface area contributed by atoms with E-state index in [4.69, 9.17) is 0 Å². The highest BCUT2D eigenvalue weighted by Crippen LogP contribution is 2.17. The molecule has 3 aromatic heterocycles. The number of pyridine rings is 1. The molecular weight excluding hydrogens is 396 g/mol. The Bertz CT molecular complexity index is 1230. The molecule has 1 amide bonds. The molecule has 164 valence electrons. The molecule has 9 nitrogen and oxygen atoms in total. The van der Waals surface area contributed by atoms with E-state index in [0.717, 1.165) is 55.3 Å². The maximum atomic E-state index is 12.5. The molecule has 2 N–H and O–H groups in total. The SMILES string of the molecule is CCc1cn2cc(CN3CCN(c4ccc(C(=O)NC)c(=O)n4C)CC3)cc2[nH]c1=O. The molecule has 0 spiro atoms. The van der Waals surface area contributed by atoms with E-state index < -0.39 is 0 Å². The van der Waals surface area contributed by atoms with Crippen molar-refractivity contribution in [1.29, 1.82) is 0 Å². The third kappa shape index (κ3) is 4.00. The molecule has 31 heavy (non-hydrogen) atoms. The molecule has 1 aliphatic heterocycles. The lowest BCUT2D eigenvalue weighted by molar-refractivity contribution is 0.0961. The van der Waals surface area contributed by atoms with E-state index in [1.54, 1.807) is 17.7 Å². The number of aromatic nitrogens is 3. The van der Waals surface area contributed by atoms with Crippen molar-refractivity contribution in [2.24, 2.45) is 7.05 Å². The summed E-state index contributed by atoms with van der Waals surface area (Å²) < 4.78 is 3.53. The fourth-order valence-electron chi connectivity index (χ4n) is 4.15. The van der Waals surface area contributed by atoms with Gasteiger partial charge in [0.15, 0.2) is 0 Å². The summed E-state index contributed by atoms with van der Waals surface area (Å²) in [5.41, 5.74) is 2.57. The van der Waals surface area contributed by atoms with Crippen LogP contribution in [0.4, 0.5) is 5.82 Å². The minimum absolute atomic E-state index is 0.0266. The first-order valence-electron chi connectivity index (χ1n) is 10.5. The van der Waals surface area contributed by atoms with Gasteiger partial charge in [-0.15, -0.1) is 0 Å². The fraction of sp³-hybridized carbons (Fsp3) is 0.409. The normalized spacial score (nSPS) is 14.9. The number of aromatic amines is 1. The fourth-order valence-corrected chi connectivity index (χ4v) is 4.15. The minimum atomic E-state index is -0.371. The Balaban J connectivity index is 1.44. The van der Waals surface area contributed by atoms with Crippen molar-refractivity contribution in [1.82, 2.24) is 24.2 Å². The molecule has 0 unspecified atom stereocenters. The second-order valence-electron chi connectivity index (χ2n) is 7.91. The number of fused-ring (bicyclic) bond motifs is 1. The van der Waals surface area contributed by atoms with Crippen LogP contribution < -0.4 is 21.3 Å². The van der Waals surface area contributed by atoms with Crippen molar-refractivity contribution in [2.75, 3.05) is 38.1 Å². The highest BCUT2D eigenvalue weighted by Gasteiger charge is 2.21. The van der Waals surface area contributed by atoms with Gasteiger partial charge >= 0.3 is 0 Å². The average molecular weight is 425 g/mol. The molecule has 3 aromatic rings. The van der Waals surface area contributed by atoms with Gasteiger partial charge in [-0.1, -0.05) is 6.92 Å². The molecule has 0 bridgehead atoms. The maximum absolute atomic E-state index is 12.5. The summed E-state index contributed by atoms with van der Waals surface area (Å²) >= 11 is 0. The molecule has 4 rings (SSSR count). The third-order valence-corrected chi connectivity index (χ3v) is 5.97. The molecule has 1 saturated heterocycles. The molecule has 0 aliphatic carbocycles. The van der Waals surface area contributed by atoms with Crippen LogP contribution in [0.2, 0.25) is 0 Å². The van der Waals surface area contributed by atoms with E-state index in [9.17, 15) is 14.4 Å². The Labute approximate surface area is 179 Å². The van der Waals surface area contributed by atoms with Crippen molar-refractivity contribution in [3.05, 3.63) is 68.0 Å². The standard InChI is InChI=1S/C22H28N6O3/c1-4-16-14-28-13-15(11-18(28)24-20(16)29)12-26-7-9-27(10-8-26)19-6-5-17(21(30)23-2)22(31)25(19)3/h5-6,11,13-14H,4,7-10,12H2,1-3H3,(H,23,30)(H,24,29). The number of carbonyl (C=O) groups excluding carboxylic acids is 1. The number of nitrogens with zero attached hydrogens (tertiary/aromatic N) is 4. The second-order valence-corrected chi connectivity index (χ2v) is 7.91. The maximum Gasteiger partial charge on any atom is 0.264 e. The van der Waals surface area contributed by atoms with Crippen LogP contribution in [0.25, 0.3) is 5.65 Å². The molecule has 4 heterocycles. The summed E-state index contributed by atoms with van der Waals surface area (Å²) in [5, 5.41) is 2.50. The summed E-state index contributed by atoms with van der Waals surface area (Å²) in [6.07, 6.45) is 4.67. The Morgan fingerprint density at radius 1 is 1.13 bits per heavy atom. The number of aryl methyl sites for hydroxylation is 1. The van der Waals surface area contributed by atoms with E-state index >= 15 is 0 Å². The Kier molecular flexibility index (Phi) is 5.69. The second kappa shape index (κ2) is 8.43. The highest BCUT2D eigenvalue weighted by molar-refractivity contribution is 5.93. The zero-order valence-corrected chi connectivity index (χ0v) is 18.1. The lowest BCUT2D eigenvalue weighted by atomic mass is 10.2. The Morgan fingerprint density at radius 2 is 1.87 bits per heavy atom. The minimum Gasteiger partial charge on any atom is -0.355 e. The van der Waals surface area contributed by atoms with Gasteiger partial charge in [-0.2, -0.15) is 0 Å². The number of nitrogens with one attached hydrogen (secondary N) is 2. The van der Waals surface area contributed by atoms with Crippen molar-refractivity contribution >= 4 is 17.4 Å². The number of anilines is 1. The van der Waals surface area contributed by atoms with E-state index in [1.807, 2.05) is 29.7 Å². The van der Waals surface area contributed by atoms with E-state index in [2.05, 4.69) is 26.3 Å². The molecule has 1 fully saturated rings. The quantitative estimate of drug-likeness (QED) is 0.625. The van der Waals surface area contributed by atoms with Crippen LogP contribution in [0.1, 0.15) is 28.4 Å². The van der Waals surface area contributed by atoms with Gasteiger partial charge in [-0.25, -0.2) is 0 Å². The van der Waals surface area contributed by atoms with Crippen LogP contribution in [0.3, 0.4) is 0 Å². The number of carbonyl (C=O) groups is 1. The van der Waals surface area contributed by atoms with Gasteiger partial charge in [0.2, 0.25) is 0 Å². The van der Waals surface area contributed by atoms with Crippen LogP contribution in [0.5, 0.6) is 0 Å². The Hall–Kier alpha value is -3.33. The van der Waals surface area contributed by atoms with Crippen molar-refractivity contribution in [3.8, 4) is 0 Å². The van der Waals surface area contributed by atoms with Crippen molar-refractivity contribution < 1.29 is 4.79 Å². The van der Waals surface area contributed by atoms with Gasteiger partial charge in [0.05, 0.1) is 0 Å². The Morgan fingerprint density at radius 3 is 2.55 bits per heavy atom. The van der Waals surface area contributed by atoms with Gasteiger partial charge in [-0.05, 0) is 30.2 Å². The van der Waals surface area contributed by atoms with Crippen LogP contribution in [0.15, 0.2) is 40.2 Å². The highest BCUT2D eigenvalue weighted by atomic mass is 16.2. The molecule has 0 saturated carbocycles. The first kappa shape index (κ1) is 20.9. The number of piperazine rings is 1. The topological polar surface area (TPSA) is 94.8 Å². The van der Waals surface area contributed by atoms with E-state index in [0.29, 0.717) is 6.42 Å². The van der Waals surface area contributed by atoms with E-state index in [-0.39, 0.29) is 22.6 Å². The first-order valence-corrected chi connectivity index (χ1v) is 10.5. The summed E-state index contributed by atoms with van der Waals surface area (Å²) in [6, 6.07) is 5.46. The number of hydrogen-bond donors (Lipinski definition) is 2. The molecule has 9 heteroatoms. The van der Waals surface area contributed by atoms with Gasteiger partial charge in [-0.3, -0.25) is 23.9 Å². The van der Waals surface area contributed by atoms with Crippen LogP contribution in [-0.4, -0.2) is 58.0 Å². The lowest BCUT2D eigenvalue weighted by Crippen LogP contribution is -2.47. The predicted octanol–water partition coefficient (Wildman–Crippen LogP) is 0.571. The summed E-state index contributed by atoms with van der Waals surface area (Å²) in [6.45, 7) is 6.06. The average Bonchev–Trinajstić information content (AvgIpc) is 3.16. The molecule has 0 radical (unpaired) electrons. The van der Waals surface area contributed by atoms with Crippen LogP contribution >= 0.6 is 0 Å². The zero-order chi connectivity index (χ0) is 22.1. The monoisotopic (exact) mass is 424 g/mol. The van der Waals surface area contributed by atoms with Crippen LogP contribution in [-0.2, 0) is 20.0 Å². The van der Waals surface area contributed by atoms with Gasteiger partial charge < -0.3 is 19.6 Å². The number of hydrogen-bond acceptors (Lipinski definition) is 5. The van der Waals surface area contributed by atoms with Gasteiger partial charge in [0.25, 0.3) is 17.0 Å². The first-order chi connectivity index (χ1) is 14.9. The zero-order valence-electron chi connectivity index (χ0n) is 18.1. The number of amides is 1. The number of rotatable bonds is 5. The smallest absolute Gasteiger partial charge is 0.264 e. The van der Waals surface area contributed by atoms with Crippen molar-refractivity contribution in [2.45, 2.75) is 19.9 Å². The van der Waals surface area contributed by atoms with Gasteiger partial charge in [0, 0.05) is 64.8 Å². The molecule has 0 atom stereocenters. The van der Waals surface area contributed by atoms with Crippen LogP contribution in [0, 0.1) is 0 Å². The van der Waals surface area contributed by atoms with Gasteiger partial charge in [0.1, 0.15) is 17.0 Å². The number of H-pyrrole nitrogens is 1. The molecule has 0 aromatic carbocycles. The predicted molar refractivity (Wildman–Crippen MR) is 120 cm³/mol. The summed E-state index contributed by atoms with van der Waals surface area (Å²) in [7, 11) is 3.22.